The molecule has 0 amide bonds. The van der Waals surface area contributed by atoms with Crippen LogP contribution in [-0.2, 0) is 11.3 Å². The number of aromatic nitrogens is 4. The van der Waals surface area contributed by atoms with Crippen molar-refractivity contribution in [1.82, 2.24) is 25.1 Å². The van der Waals surface area contributed by atoms with Crippen molar-refractivity contribution < 1.29 is 9.53 Å². The Kier molecular flexibility index (Phi) is 6.19. The molecule has 9 nitrogen and oxygen atoms in total. The molecule has 9 heteroatoms. The topological polar surface area (TPSA) is 120 Å². The Morgan fingerprint density at radius 3 is 3.03 bits per heavy atom. The highest BCUT2D eigenvalue weighted by molar-refractivity contribution is 5.88. The minimum atomic E-state index is -0.383. The van der Waals surface area contributed by atoms with Crippen molar-refractivity contribution in [3.63, 3.8) is 0 Å². The van der Waals surface area contributed by atoms with Crippen LogP contribution in [0.3, 0.4) is 0 Å². The molecule has 0 aromatic carbocycles. The van der Waals surface area contributed by atoms with E-state index in [4.69, 9.17) is 15.0 Å². The molecule has 2 N–H and O–H groups in total. The number of hydrogen-bond acceptors (Lipinski definition) is 8. The van der Waals surface area contributed by atoms with Crippen molar-refractivity contribution >= 4 is 17.5 Å². The summed E-state index contributed by atoms with van der Waals surface area (Å²) >= 11 is 0. The van der Waals surface area contributed by atoms with E-state index < -0.39 is 0 Å². The molecule has 1 atom stereocenters. The number of anilines is 2. The average molecular weight is 417 g/mol. The number of nitrogens with one attached hydrogen (secondary N) is 2. The number of esters is 1. The van der Waals surface area contributed by atoms with Crippen LogP contribution < -0.4 is 5.32 Å². The molecule has 0 spiro atoms. The van der Waals surface area contributed by atoms with Gasteiger partial charge in [0.15, 0.2) is 0 Å². The van der Waals surface area contributed by atoms with Gasteiger partial charge in [-0.15, -0.1) is 0 Å². The zero-order valence-corrected chi connectivity index (χ0v) is 17.2. The van der Waals surface area contributed by atoms with Crippen LogP contribution in [0.15, 0.2) is 42.7 Å². The Morgan fingerprint density at radius 2 is 2.26 bits per heavy atom. The molecule has 0 bridgehead atoms. The highest BCUT2D eigenvalue weighted by atomic mass is 16.5. The van der Waals surface area contributed by atoms with Crippen molar-refractivity contribution in [2.45, 2.75) is 32.4 Å². The van der Waals surface area contributed by atoms with Crippen LogP contribution >= 0.6 is 0 Å². The fourth-order valence-electron chi connectivity index (χ4n) is 3.77. The Morgan fingerprint density at radius 1 is 1.35 bits per heavy atom. The number of pyridine rings is 2. The van der Waals surface area contributed by atoms with E-state index in [0.29, 0.717) is 30.4 Å². The van der Waals surface area contributed by atoms with Gasteiger partial charge < -0.3 is 10.1 Å². The zero-order valence-electron chi connectivity index (χ0n) is 17.2. The zero-order chi connectivity index (χ0) is 21.6. The van der Waals surface area contributed by atoms with Crippen LogP contribution in [0.5, 0.6) is 0 Å². The summed E-state index contributed by atoms with van der Waals surface area (Å²) < 4.78 is 5.12. The summed E-state index contributed by atoms with van der Waals surface area (Å²) in [4.78, 5) is 23.3. The smallest absolute Gasteiger partial charge is 0.356 e. The van der Waals surface area contributed by atoms with Gasteiger partial charge in [0.05, 0.1) is 36.4 Å². The van der Waals surface area contributed by atoms with E-state index in [1.54, 1.807) is 31.5 Å². The van der Waals surface area contributed by atoms with Gasteiger partial charge in [-0.25, -0.2) is 14.8 Å². The maximum atomic E-state index is 12.2. The normalized spacial score (nSPS) is 16.1. The van der Waals surface area contributed by atoms with E-state index in [1.807, 2.05) is 24.3 Å². The molecule has 158 valence electrons. The molecule has 31 heavy (non-hydrogen) atoms. The SMILES string of the molecule is CCOC(=O)c1[nH]ncc1CN1CCC[C@H]1c1cccc(Nc2ccc(C#N)nc2)n1. The third-order valence-electron chi connectivity index (χ3n) is 5.20. The average Bonchev–Trinajstić information content (AvgIpc) is 3.45. The molecule has 4 rings (SSSR count). The number of rotatable bonds is 7. The molecule has 0 radical (unpaired) electrons. The fourth-order valence-corrected chi connectivity index (χ4v) is 3.77. The second kappa shape index (κ2) is 9.36. The van der Waals surface area contributed by atoms with Crippen LogP contribution in [0.1, 0.15) is 53.2 Å². The summed E-state index contributed by atoms with van der Waals surface area (Å²) in [5.41, 5.74) is 3.33. The largest absolute Gasteiger partial charge is 0.461 e. The van der Waals surface area contributed by atoms with Gasteiger partial charge in [0.2, 0.25) is 0 Å². The molecule has 0 saturated carbocycles. The number of nitriles is 1. The summed E-state index contributed by atoms with van der Waals surface area (Å²) in [5, 5.41) is 18.9. The Bertz CT molecular complexity index is 1090. The first kappa shape index (κ1) is 20.5. The van der Waals surface area contributed by atoms with Gasteiger partial charge in [0.25, 0.3) is 0 Å². The van der Waals surface area contributed by atoms with Gasteiger partial charge in [-0.05, 0) is 50.6 Å². The molecule has 3 aromatic rings. The number of carbonyl (C=O) groups is 1. The van der Waals surface area contributed by atoms with Crippen molar-refractivity contribution in [2.24, 2.45) is 0 Å². The summed E-state index contributed by atoms with van der Waals surface area (Å²) in [6.07, 6.45) is 5.34. The van der Waals surface area contributed by atoms with Gasteiger partial charge in [-0.1, -0.05) is 6.07 Å². The molecule has 4 heterocycles. The van der Waals surface area contributed by atoms with E-state index in [-0.39, 0.29) is 12.0 Å². The lowest BCUT2D eigenvalue weighted by atomic mass is 10.1. The summed E-state index contributed by atoms with van der Waals surface area (Å²) in [5.74, 6) is 0.331. The van der Waals surface area contributed by atoms with Gasteiger partial charge in [0, 0.05) is 12.1 Å². The Balaban J connectivity index is 1.49. The number of aromatic amines is 1. The second-order valence-corrected chi connectivity index (χ2v) is 7.24. The minimum absolute atomic E-state index is 0.144. The third-order valence-corrected chi connectivity index (χ3v) is 5.20. The third kappa shape index (κ3) is 4.70. The van der Waals surface area contributed by atoms with Crippen molar-refractivity contribution in [1.29, 1.82) is 5.26 Å². The molecule has 0 unspecified atom stereocenters. The van der Waals surface area contributed by atoms with E-state index in [1.165, 1.54) is 0 Å². The van der Waals surface area contributed by atoms with Crippen LogP contribution in [-0.4, -0.2) is 44.2 Å². The van der Waals surface area contributed by atoms with Crippen LogP contribution in [0.25, 0.3) is 0 Å². The second-order valence-electron chi connectivity index (χ2n) is 7.24. The number of likely N-dealkylation sites (tertiary alicyclic amines) is 1. The lowest BCUT2D eigenvalue weighted by molar-refractivity contribution is 0.0516. The van der Waals surface area contributed by atoms with Crippen molar-refractivity contribution in [3.8, 4) is 6.07 Å². The minimum Gasteiger partial charge on any atom is -0.461 e. The van der Waals surface area contributed by atoms with E-state index >= 15 is 0 Å². The number of carbonyl (C=O) groups excluding carboxylic acids is 1. The number of nitrogens with zero attached hydrogens (tertiary/aromatic N) is 5. The maximum Gasteiger partial charge on any atom is 0.356 e. The molecule has 1 fully saturated rings. The Labute approximate surface area is 180 Å². The first-order chi connectivity index (χ1) is 15.2. The van der Waals surface area contributed by atoms with E-state index in [9.17, 15) is 4.79 Å². The van der Waals surface area contributed by atoms with E-state index in [0.717, 1.165) is 36.3 Å². The van der Waals surface area contributed by atoms with Gasteiger partial charge in [-0.2, -0.15) is 10.4 Å². The first-order valence-electron chi connectivity index (χ1n) is 10.2. The highest BCUT2D eigenvalue weighted by Gasteiger charge is 2.29. The molecule has 1 saturated heterocycles. The predicted molar refractivity (Wildman–Crippen MR) is 113 cm³/mol. The number of hydrogen-bond donors (Lipinski definition) is 2. The van der Waals surface area contributed by atoms with Gasteiger partial charge >= 0.3 is 5.97 Å². The fraction of sp³-hybridized carbons (Fsp3) is 0.318. The standard InChI is InChI=1S/C22H23N7O2/c1-2-31-22(30)21-15(12-25-28-21)14-29-10-4-6-19(29)18-5-3-7-20(27-18)26-17-9-8-16(11-23)24-13-17/h3,5,7-9,12-13,19H,2,4,6,10,14H2,1H3,(H,25,28)(H,26,27)/t19-/m0/s1. The molecule has 1 aliphatic heterocycles. The summed E-state index contributed by atoms with van der Waals surface area (Å²) in [7, 11) is 0. The summed E-state index contributed by atoms with van der Waals surface area (Å²) in [6.45, 7) is 3.61. The van der Waals surface area contributed by atoms with Crippen LogP contribution in [0, 0.1) is 11.3 Å². The quantitative estimate of drug-likeness (QED) is 0.562. The first-order valence-corrected chi connectivity index (χ1v) is 10.2. The lowest BCUT2D eigenvalue weighted by Gasteiger charge is -2.24. The molecular formula is C22H23N7O2. The number of ether oxygens (including phenoxy) is 1. The van der Waals surface area contributed by atoms with Crippen LogP contribution in [0.4, 0.5) is 11.5 Å². The monoisotopic (exact) mass is 417 g/mol. The molecule has 1 aliphatic rings. The van der Waals surface area contributed by atoms with Crippen molar-refractivity contribution in [3.05, 3.63) is 65.4 Å². The predicted octanol–water partition coefficient (Wildman–Crippen LogP) is 3.33. The van der Waals surface area contributed by atoms with Gasteiger partial charge in [0.1, 0.15) is 23.3 Å². The lowest BCUT2D eigenvalue weighted by Crippen LogP contribution is -2.24. The maximum absolute atomic E-state index is 12.2. The highest BCUT2D eigenvalue weighted by Crippen LogP contribution is 2.33. The Hall–Kier alpha value is -3.77. The molecular weight excluding hydrogens is 394 g/mol. The molecule has 0 aliphatic carbocycles. The van der Waals surface area contributed by atoms with Crippen LogP contribution in [0.2, 0.25) is 0 Å². The summed E-state index contributed by atoms with van der Waals surface area (Å²) in [6, 6.07) is 11.5. The molecule has 3 aromatic heterocycles. The van der Waals surface area contributed by atoms with E-state index in [2.05, 4.69) is 25.4 Å². The van der Waals surface area contributed by atoms with Crippen molar-refractivity contribution in [2.75, 3.05) is 18.5 Å². The van der Waals surface area contributed by atoms with Gasteiger partial charge in [-0.3, -0.25) is 10.00 Å². The number of H-pyrrole nitrogens is 1.